The van der Waals surface area contributed by atoms with Crippen molar-refractivity contribution in [1.82, 2.24) is 14.8 Å². The lowest BCUT2D eigenvalue weighted by Gasteiger charge is -2.30. The Balaban J connectivity index is 1.56. The molecule has 194 valence electrons. The van der Waals surface area contributed by atoms with Crippen molar-refractivity contribution < 1.29 is 9.59 Å². The Hall–Kier alpha value is -3.55. The van der Waals surface area contributed by atoms with Crippen molar-refractivity contribution in [3.05, 3.63) is 95.8 Å². The normalized spacial score (nSPS) is 15.9. The van der Waals surface area contributed by atoms with E-state index in [1.54, 1.807) is 13.1 Å². The van der Waals surface area contributed by atoms with Crippen molar-refractivity contribution in [1.29, 1.82) is 0 Å². The molecule has 0 fully saturated rings. The topological polar surface area (TPSA) is 82.8 Å². The van der Waals surface area contributed by atoms with Crippen LogP contribution in [0.1, 0.15) is 36.6 Å². The lowest BCUT2D eigenvalue weighted by atomic mass is 10.0. The van der Waals surface area contributed by atoms with E-state index in [1.165, 1.54) is 5.56 Å². The third-order valence-electron chi connectivity index (χ3n) is 6.89. The van der Waals surface area contributed by atoms with Crippen LogP contribution < -0.4 is 10.6 Å². The summed E-state index contributed by atoms with van der Waals surface area (Å²) in [5.41, 5.74) is 10.4. The molecule has 0 saturated heterocycles. The van der Waals surface area contributed by atoms with E-state index in [1.807, 2.05) is 70.5 Å². The highest BCUT2D eigenvalue weighted by Crippen LogP contribution is 2.24. The number of rotatable bonds is 6. The van der Waals surface area contributed by atoms with Crippen molar-refractivity contribution in [3.63, 3.8) is 0 Å². The Labute approximate surface area is 219 Å². The molecule has 0 saturated carbocycles. The van der Waals surface area contributed by atoms with Crippen LogP contribution in [0.4, 0.5) is 5.69 Å². The van der Waals surface area contributed by atoms with E-state index in [0.29, 0.717) is 39.1 Å². The van der Waals surface area contributed by atoms with Crippen LogP contribution in [0.2, 0.25) is 0 Å². The molecule has 4 rings (SSSR count). The van der Waals surface area contributed by atoms with Gasteiger partial charge in [-0.1, -0.05) is 54.6 Å². The van der Waals surface area contributed by atoms with Gasteiger partial charge in [-0.2, -0.15) is 0 Å². The number of nitrogens with two attached hydrogens (primary N) is 1. The van der Waals surface area contributed by atoms with E-state index in [0.717, 1.165) is 36.3 Å². The summed E-state index contributed by atoms with van der Waals surface area (Å²) in [6.07, 6.45) is 3.96. The van der Waals surface area contributed by atoms with Gasteiger partial charge in [-0.05, 0) is 48.6 Å². The molecule has 7 nitrogen and oxygen atoms in total. The molecule has 7 heteroatoms. The number of anilines is 1. The van der Waals surface area contributed by atoms with E-state index in [2.05, 4.69) is 22.0 Å². The predicted octanol–water partition coefficient (Wildman–Crippen LogP) is 3.63. The molecule has 1 aliphatic rings. The van der Waals surface area contributed by atoms with Gasteiger partial charge in [0, 0.05) is 58.1 Å². The van der Waals surface area contributed by atoms with Gasteiger partial charge < -0.3 is 15.5 Å². The number of aromatic nitrogens is 1. The zero-order valence-corrected chi connectivity index (χ0v) is 21.6. The number of pyridine rings is 1. The third-order valence-corrected chi connectivity index (χ3v) is 6.89. The van der Waals surface area contributed by atoms with Gasteiger partial charge in [0.15, 0.2) is 0 Å². The van der Waals surface area contributed by atoms with Gasteiger partial charge in [-0.15, -0.1) is 0 Å². The first kappa shape index (κ1) is 26.5. The van der Waals surface area contributed by atoms with Crippen molar-refractivity contribution in [2.24, 2.45) is 5.73 Å². The summed E-state index contributed by atoms with van der Waals surface area (Å²) in [7, 11) is 0. The Kier molecular flexibility index (Phi) is 9.40. The van der Waals surface area contributed by atoms with E-state index < -0.39 is 6.04 Å². The summed E-state index contributed by atoms with van der Waals surface area (Å²) in [6.45, 7) is 5.38. The third kappa shape index (κ3) is 7.47. The largest absolute Gasteiger partial charge is 0.336 e. The molecule has 1 atom stereocenters. The fourth-order valence-corrected chi connectivity index (χ4v) is 4.86. The molecule has 0 spiro atoms. The molecule has 2 amide bonds. The van der Waals surface area contributed by atoms with Gasteiger partial charge in [-0.25, -0.2) is 0 Å². The highest BCUT2D eigenvalue weighted by atomic mass is 16.2. The number of carbonyl (C=O) groups excluding carboxylic acids is 2. The minimum Gasteiger partial charge on any atom is -0.336 e. The first-order chi connectivity index (χ1) is 18.0. The van der Waals surface area contributed by atoms with Gasteiger partial charge in [0.25, 0.3) is 0 Å². The van der Waals surface area contributed by atoms with Crippen LogP contribution in [0.15, 0.2) is 79.0 Å². The van der Waals surface area contributed by atoms with Crippen LogP contribution in [-0.4, -0.2) is 58.8 Å². The smallest absolute Gasteiger partial charge is 0.239 e. The predicted molar refractivity (Wildman–Crippen MR) is 147 cm³/mol. The first-order valence-corrected chi connectivity index (χ1v) is 13.1. The lowest BCUT2D eigenvalue weighted by molar-refractivity contribution is -0.133. The monoisotopic (exact) mass is 499 g/mol. The first-order valence-electron chi connectivity index (χ1n) is 13.1. The fourth-order valence-electron chi connectivity index (χ4n) is 4.86. The second-order valence-electron chi connectivity index (χ2n) is 9.64. The number of hydrogen-bond acceptors (Lipinski definition) is 5. The zero-order chi connectivity index (χ0) is 26.0. The molecular weight excluding hydrogens is 462 g/mol. The van der Waals surface area contributed by atoms with E-state index in [4.69, 9.17) is 5.73 Å². The van der Waals surface area contributed by atoms with Gasteiger partial charge in [-0.3, -0.25) is 19.5 Å². The number of amides is 2. The Morgan fingerprint density at radius 2 is 1.68 bits per heavy atom. The van der Waals surface area contributed by atoms with Gasteiger partial charge in [0.05, 0.1) is 11.7 Å². The van der Waals surface area contributed by atoms with Crippen LogP contribution in [0.5, 0.6) is 0 Å². The quantitative estimate of drug-likeness (QED) is 0.560. The molecule has 1 aliphatic heterocycles. The number of nitrogens with zero attached hydrogens (tertiary/aromatic N) is 4. The van der Waals surface area contributed by atoms with Crippen molar-refractivity contribution in [3.8, 4) is 0 Å². The molecule has 0 radical (unpaired) electrons. The fraction of sp³-hybridized carbons (Fsp3) is 0.367. The van der Waals surface area contributed by atoms with Crippen LogP contribution in [0, 0.1) is 0 Å². The number of benzene rings is 2. The molecule has 2 aromatic carbocycles. The molecular formula is C30H37N5O2. The lowest BCUT2D eigenvalue weighted by Crippen LogP contribution is -2.46. The maximum Gasteiger partial charge on any atom is 0.239 e. The summed E-state index contributed by atoms with van der Waals surface area (Å²) >= 11 is 0. The van der Waals surface area contributed by atoms with Crippen molar-refractivity contribution >= 4 is 17.5 Å². The summed E-state index contributed by atoms with van der Waals surface area (Å²) in [6, 6.07) is 23.3. The maximum atomic E-state index is 13.6. The molecule has 2 heterocycles. The second kappa shape index (κ2) is 13.1. The average molecular weight is 500 g/mol. The van der Waals surface area contributed by atoms with Crippen LogP contribution in [0.25, 0.3) is 0 Å². The van der Waals surface area contributed by atoms with Gasteiger partial charge in [0.1, 0.15) is 0 Å². The standard InChI is InChI=1S/C30H37N5O2/c1-24(36)35-19-9-18-33(23-27-13-7-8-17-32-27)20-21-34(22-26-12-5-6-14-29(26)35)30(37)28(31)16-15-25-10-3-2-4-11-25/h2-8,10-14,17,28H,9,15-16,18-23,31H2,1H3/t28-/m0/s1. The Bertz CT molecular complexity index is 1150. The second-order valence-corrected chi connectivity index (χ2v) is 9.64. The molecule has 0 aliphatic carbocycles. The number of para-hydroxylation sites is 1. The number of aryl methyl sites for hydroxylation is 1. The van der Waals surface area contributed by atoms with Crippen molar-refractivity contribution in [2.45, 2.75) is 45.3 Å². The van der Waals surface area contributed by atoms with E-state index in [-0.39, 0.29) is 11.8 Å². The Morgan fingerprint density at radius 3 is 2.43 bits per heavy atom. The summed E-state index contributed by atoms with van der Waals surface area (Å²) in [4.78, 5) is 36.8. The molecule has 37 heavy (non-hydrogen) atoms. The summed E-state index contributed by atoms with van der Waals surface area (Å²) in [5.74, 6) is -0.0578. The minimum absolute atomic E-state index is 0.000381. The molecule has 3 aromatic rings. The molecule has 0 bridgehead atoms. The SMILES string of the molecule is CC(=O)N1CCCN(Cc2ccccn2)CCN(C(=O)[C@@H](N)CCc2ccccc2)Cc2ccccc21. The number of carbonyl (C=O) groups is 2. The molecule has 2 N–H and O–H groups in total. The highest BCUT2D eigenvalue weighted by molar-refractivity contribution is 5.92. The van der Waals surface area contributed by atoms with E-state index >= 15 is 0 Å². The number of hydrogen-bond donors (Lipinski definition) is 1. The maximum absolute atomic E-state index is 13.6. The number of fused-ring (bicyclic) bond motifs is 1. The van der Waals surface area contributed by atoms with Crippen LogP contribution in [-0.2, 0) is 29.1 Å². The van der Waals surface area contributed by atoms with Crippen LogP contribution >= 0.6 is 0 Å². The summed E-state index contributed by atoms with van der Waals surface area (Å²) in [5, 5.41) is 0. The molecule has 0 unspecified atom stereocenters. The van der Waals surface area contributed by atoms with Crippen LogP contribution in [0.3, 0.4) is 0 Å². The van der Waals surface area contributed by atoms with E-state index in [9.17, 15) is 9.59 Å². The minimum atomic E-state index is -0.592. The van der Waals surface area contributed by atoms with Gasteiger partial charge in [0.2, 0.25) is 11.8 Å². The molecule has 1 aromatic heterocycles. The zero-order valence-electron chi connectivity index (χ0n) is 21.6. The Morgan fingerprint density at radius 1 is 0.919 bits per heavy atom. The average Bonchev–Trinajstić information content (AvgIpc) is 2.95. The van der Waals surface area contributed by atoms with Gasteiger partial charge >= 0.3 is 0 Å². The summed E-state index contributed by atoms with van der Waals surface area (Å²) < 4.78 is 0. The highest BCUT2D eigenvalue weighted by Gasteiger charge is 2.25. The van der Waals surface area contributed by atoms with Crippen molar-refractivity contribution in [2.75, 3.05) is 31.1 Å².